The summed E-state index contributed by atoms with van der Waals surface area (Å²) in [5, 5.41) is 0. The minimum absolute atomic E-state index is 0.0274. The fourth-order valence-electron chi connectivity index (χ4n) is 2.21. The van der Waals surface area contributed by atoms with Gasteiger partial charge in [-0.25, -0.2) is 0 Å². The highest BCUT2D eigenvalue weighted by Crippen LogP contribution is 2.21. The van der Waals surface area contributed by atoms with Crippen LogP contribution in [0.4, 0.5) is 0 Å². The quantitative estimate of drug-likeness (QED) is 0.668. The van der Waals surface area contributed by atoms with Crippen molar-refractivity contribution >= 4 is 5.91 Å². The first-order valence-corrected chi connectivity index (χ1v) is 6.50. The summed E-state index contributed by atoms with van der Waals surface area (Å²) in [5.74, 6) is 0.298. The van der Waals surface area contributed by atoms with Crippen molar-refractivity contribution in [2.45, 2.75) is 38.8 Å². The van der Waals surface area contributed by atoms with E-state index in [2.05, 4.69) is 13.8 Å². The Morgan fingerprint density at radius 1 is 1.39 bits per heavy atom. The van der Waals surface area contributed by atoms with Crippen molar-refractivity contribution in [3.63, 3.8) is 0 Å². The molecule has 0 bridgehead atoms. The van der Waals surface area contributed by atoms with E-state index in [1.54, 1.807) is 26.2 Å². The first kappa shape index (κ1) is 17.4. The number of carbonyl (C=O) groups excluding carboxylic acids is 1. The highest BCUT2D eigenvalue weighted by atomic mass is 16.5. The van der Waals surface area contributed by atoms with Gasteiger partial charge in [0, 0.05) is 27.9 Å². The zero-order chi connectivity index (χ0) is 14.1. The van der Waals surface area contributed by atoms with Crippen LogP contribution in [0.15, 0.2) is 0 Å². The first-order chi connectivity index (χ1) is 8.53. The Labute approximate surface area is 111 Å². The molecule has 2 N–H and O–H groups in total. The molecule has 0 heterocycles. The Morgan fingerprint density at radius 2 is 2.00 bits per heavy atom. The molecule has 5 heteroatoms. The molecule has 0 aliphatic rings. The van der Waals surface area contributed by atoms with Gasteiger partial charge in [0.05, 0.1) is 18.7 Å². The minimum Gasteiger partial charge on any atom is -0.385 e. The third kappa shape index (κ3) is 4.92. The lowest BCUT2D eigenvalue weighted by Gasteiger charge is -2.37. The Hall–Kier alpha value is -0.650. The zero-order valence-electron chi connectivity index (χ0n) is 12.3. The molecule has 108 valence electrons. The number of hydrogen-bond acceptors (Lipinski definition) is 4. The van der Waals surface area contributed by atoms with E-state index in [0.29, 0.717) is 12.5 Å². The van der Waals surface area contributed by atoms with Crippen molar-refractivity contribution in [3.8, 4) is 0 Å². The van der Waals surface area contributed by atoms with E-state index in [4.69, 9.17) is 15.2 Å². The van der Waals surface area contributed by atoms with Gasteiger partial charge in [0.25, 0.3) is 0 Å². The molecular weight excluding hydrogens is 232 g/mol. The van der Waals surface area contributed by atoms with Gasteiger partial charge in [-0.1, -0.05) is 20.3 Å². The molecule has 0 saturated carbocycles. The first-order valence-electron chi connectivity index (χ1n) is 6.50. The standard InChI is InChI=1S/C13H28N2O3/c1-6-10(2)13(15(3)12(16)9-14)11(18-5)7-8-17-4/h10-11,13H,6-9,14H2,1-5H3. The third-order valence-corrected chi connectivity index (χ3v) is 3.53. The van der Waals surface area contributed by atoms with Crippen LogP contribution < -0.4 is 5.73 Å². The number of ether oxygens (including phenoxy) is 2. The summed E-state index contributed by atoms with van der Waals surface area (Å²) in [5.41, 5.74) is 5.44. The van der Waals surface area contributed by atoms with Crippen molar-refractivity contribution in [1.82, 2.24) is 4.90 Å². The van der Waals surface area contributed by atoms with Crippen molar-refractivity contribution in [1.29, 1.82) is 0 Å². The summed E-state index contributed by atoms with van der Waals surface area (Å²) in [6, 6.07) is 0.0335. The van der Waals surface area contributed by atoms with E-state index in [1.165, 1.54) is 0 Å². The molecule has 5 nitrogen and oxygen atoms in total. The molecule has 0 radical (unpaired) electrons. The Kier molecular flexibility index (Phi) is 8.97. The SMILES string of the molecule is CCC(C)C(C(CCOC)OC)N(C)C(=O)CN. The highest BCUT2D eigenvalue weighted by molar-refractivity contribution is 5.78. The van der Waals surface area contributed by atoms with Gasteiger partial charge < -0.3 is 20.1 Å². The highest BCUT2D eigenvalue weighted by Gasteiger charge is 2.31. The Bertz CT molecular complexity index is 236. The molecule has 18 heavy (non-hydrogen) atoms. The van der Waals surface area contributed by atoms with Crippen LogP contribution in [0.5, 0.6) is 0 Å². The van der Waals surface area contributed by atoms with Gasteiger partial charge in [-0.15, -0.1) is 0 Å². The summed E-state index contributed by atoms with van der Waals surface area (Å²) >= 11 is 0. The summed E-state index contributed by atoms with van der Waals surface area (Å²) in [6.45, 7) is 4.89. The molecule has 3 atom stereocenters. The lowest BCUT2D eigenvalue weighted by atomic mass is 9.91. The van der Waals surface area contributed by atoms with Crippen LogP contribution in [-0.4, -0.2) is 57.4 Å². The van der Waals surface area contributed by atoms with E-state index in [9.17, 15) is 4.79 Å². The van der Waals surface area contributed by atoms with Crippen LogP contribution in [-0.2, 0) is 14.3 Å². The van der Waals surface area contributed by atoms with E-state index < -0.39 is 0 Å². The number of amides is 1. The molecule has 0 spiro atoms. The molecule has 1 amide bonds. The molecule has 3 unspecified atom stereocenters. The van der Waals surface area contributed by atoms with Crippen LogP contribution in [0.25, 0.3) is 0 Å². The molecule has 0 aromatic carbocycles. The van der Waals surface area contributed by atoms with Crippen LogP contribution in [0.1, 0.15) is 26.7 Å². The van der Waals surface area contributed by atoms with E-state index in [0.717, 1.165) is 12.8 Å². The van der Waals surface area contributed by atoms with Gasteiger partial charge >= 0.3 is 0 Å². The van der Waals surface area contributed by atoms with Crippen molar-refractivity contribution < 1.29 is 14.3 Å². The molecule has 0 aromatic rings. The van der Waals surface area contributed by atoms with Gasteiger partial charge in [-0.2, -0.15) is 0 Å². The maximum atomic E-state index is 11.8. The number of hydrogen-bond donors (Lipinski definition) is 1. The van der Waals surface area contributed by atoms with Gasteiger partial charge in [0.2, 0.25) is 5.91 Å². The normalized spacial score (nSPS) is 16.1. The van der Waals surface area contributed by atoms with Gasteiger partial charge in [0.15, 0.2) is 0 Å². The largest absolute Gasteiger partial charge is 0.385 e. The maximum absolute atomic E-state index is 11.8. The fourth-order valence-corrected chi connectivity index (χ4v) is 2.21. The van der Waals surface area contributed by atoms with E-state index in [-0.39, 0.29) is 24.6 Å². The van der Waals surface area contributed by atoms with Crippen LogP contribution in [0.2, 0.25) is 0 Å². The number of carbonyl (C=O) groups is 1. The predicted molar refractivity (Wildman–Crippen MR) is 72.4 cm³/mol. The molecule has 0 aromatic heterocycles. The van der Waals surface area contributed by atoms with Crippen LogP contribution in [0, 0.1) is 5.92 Å². The second-order valence-corrected chi connectivity index (χ2v) is 4.64. The summed E-state index contributed by atoms with van der Waals surface area (Å²) in [6.07, 6.45) is 1.73. The molecule has 0 fully saturated rings. The van der Waals surface area contributed by atoms with E-state index in [1.807, 2.05) is 0 Å². The van der Waals surface area contributed by atoms with Gasteiger partial charge in [0.1, 0.15) is 0 Å². The third-order valence-electron chi connectivity index (χ3n) is 3.53. The number of nitrogens with zero attached hydrogens (tertiary/aromatic N) is 1. The fraction of sp³-hybridized carbons (Fsp3) is 0.923. The number of nitrogens with two attached hydrogens (primary N) is 1. The lowest BCUT2D eigenvalue weighted by Crippen LogP contribution is -2.51. The zero-order valence-corrected chi connectivity index (χ0v) is 12.3. The summed E-state index contributed by atoms with van der Waals surface area (Å²) < 4.78 is 10.6. The van der Waals surface area contributed by atoms with Gasteiger partial charge in [-0.05, 0) is 12.3 Å². The number of rotatable bonds is 9. The Morgan fingerprint density at radius 3 is 2.39 bits per heavy atom. The molecule has 0 rings (SSSR count). The topological polar surface area (TPSA) is 64.8 Å². The van der Waals surface area contributed by atoms with Crippen molar-refractivity contribution in [2.24, 2.45) is 11.7 Å². The van der Waals surface area contributed by atoms with Crippen molar-refractivity contribution in [2.75, 3.05) is 34.4 Å². The van der Waals surface area contributed by atoms with Gasteiger partial charge in [-0.3, -0.25) is 4.79 Å². The minimum atomic E-state index is -0.0558. The summed E-state index contributed by atoms with van der Waals surface area (Å²) in [4.78, 5) is 13.5. The average molecular weight is 260 g/mol. The number of likely N-dealkylation sites (N-methyl/N-ethyl adjacent to an activating group) is 1. The lowest BCUT2D eigenvalue weighted by molar-refractivity contribution is -0.135. The van der Waals surface area contributed by atoms with Crippen LogP contribution >= 0.6 is 0 Å². The van der Waals surface area contributed by atoms with Crippen molar-refractivity contribution in [3.05, 3.63) is 0 Å². The second kappa shape index (κ2) is 9.30. The monoisotopic (exact) mass is 260 g/mol. The van der Waals surface area contributed by atoms with Crippen LogP contribution in [0.3, 0.4) is 0 Å². The molecular formula is C13H28N2O3. The maximum Gasteiger partial charge on any atom is 0.236 e. The second-order valence-electron chi connectivity index (χ2n) is 4.64. The molecule has 0 aliphatic carbocycles. The smallest absolute Gasteiger partial charge is 0.236 e. The molecule has 0 saturated heterocycles. The van der Waals surface area contributed by atoms with E-state index >= 15 is 0 Å². The predicted octanol–water partition coefficient (Wildman–Crippen LogP) is 0.870. The summed E-state index contributed by atoms with van der Waals surface area (Å²) in [7, 11) is 5.14. The number of methoxy groups -OCH3 is 2. The average Bonchev–Trinajstić information content (AvgIpc) is 2.40. The Balaban J connectivity index is 4.88. The molecule has 0 aliphatic heterocycles.